The van der Waals surface area contributed by atoms with Gasteiger partial charge in [-0.3, -0.25) is 9.59 Å². The molecule has 0 saturated heterocycles. The van der Waals surface area contributed by atoms with E-state index in [-0.39, 0.29) is 18.1 Å². The van der Waals surface area contributed by atoms with Gasteiger partial charge in [-0.05, 0) is 36.8 Å². The van der Waals surface area contributed by atoms with E-state index < -0.39 is 0 Å². The summed E-state index contributed by atoms with van der Waals surface area (Å²) in [7, 11) is 0. The highest BCUT2D eigenvalue weighted by atomic mass is 16.2. The van der Waals surface area contributed by atoms with Crippen molar-refractivity contribution in [3.05, 3.63) is 63.6 Å². The van der Waals surface area contributed by atoms with Crippen molar-refractivity contribution >= 4 is 11.6 Å². The number of anilines is 1. The smallest absolute Gasteiger partial charge is 0.255 e. The Hall–Kier alpha value is -2.84. The van der Waals surface area contributed by atoms with Gasteiger partial charge in [0.15, 0.2) is 0 Å². The first kappa shape index (κ1) is 14.6. The first-order valence-electron chi connectivity index (χ1n) is 6.30. The molecule has 0 aliphatic carbocycles. The van der Waals surface area contributed by atoms with Crippen molar-refractivity contribution in [2.45, 2.75) is 6.92 Å². The third-order valence-electron chi connectivity index (χ3n) is 2.82. The molecule has 0 radical (unpaired) electrons. The molecule has 1 amide bonds. The van der Waals surface area contributed by atoms with Gasteiger partial charge in [0, 0.05) is 29.1 Å². The summed E-state index contributed by atoms with van der Waals surface area (Å²) in [6.07, 6.45) is 1.43. The van der Waals surface area contributed by atoms with Crippen molar-refractivity contribution in [1.29, 1.82) is 0 Å². The lowest BCUT2D eigenvalue weighted by Crippen LogP contribution is -2.16. The molecular formula is C16H14N2O3. The Balaban J connectivity index is 2.20. The fourth-order valence-electron chi connectivity index (χ4n) is 1.80. The van der Waals surface area contributed by atoms with E-state index in [1.807, 2.05) is 13.0 Å². The lowest BCUT2D eigenvalue weighted by Gasteiger charge is -2.08. The highest BCUT2D eigenvalue weighted by Crippen LogP contribution is 2.17. The molecule has 5 nitrogen and oxygen atoms in total. The molecule has 0 aliphatic heterocycles. The van der Waals surface area contributed by atoms with E-state index in [0.29, 0.717) is 11.3 Å². The van der Waals surface area contributed by atoms with Crippen LogP contribution in [-0.4, -0.2) is 22.6 Å². The molecule has 0 fully saturated rings. The Labute approximate surface area is 121 Å². The number of aromatic amines is 1. The minimum atomic E-state index is -0.349. The zero-order valence-corrected chi connectivity index (χ0v) is 11.4. The van der Waals surface area contributed by atoms with Crippen molar-refractivity contribution in [2.75, 3.05) is 11.9 Å². The topological polar surface area (TPSA) is 82.2 Å². The van der Waals surface area contributed by atoms with E-state index in [1.165, 1.54) is 18.3 Å². The molecular weight excluding hydrogens is 268 g/mol. The number of amides is 1. The van der Waals surface area contributed by atoms with Crippen LogP contribution >= 0.6 is 0 Å². The fourth-order valence-corrected chi connectivity index (χ4v) is 1.80. The van der Waals surface area contributed by atoms with E-state index in [0.717, 1.165) is 11.1 Å². The zero-order chi connectivity index (χ0) is 15.2. The van der Waals surface area contributed by atoms with Crippen LogP contribution in [0.25, 0.3) is 0 Å². The molecule has 5 heteroatoms. The highest BCUT2D eigenvalue weighted by molar-refractivity contribution is 6.04. The predicted octanol–water partition coefficient (Wildman–Crippen LogP) is 1.28. The number of aliphatic hydroxyl groups is 1. The monoisotopic (exact) mass is 282 g/mol. The number of rotatable bonds is 2. The van der Waals surface area contributed by atoms with Gasteiger partial charge in [0.2, 0.25) is 5.56 Å². The summed E-state index contributed by atoms with van der Waals surface area (Å²) in [6, 6.07) is 8.08. The second kappa shape index (κ2) is 6.55. The molecule has 0 atom stereocenters. The fraction of sp³-hybridized carbons (Fsp3) is 0.125. The van der Waals surface area contributed by atoms with Crippen LogP contribution in [0.1, 0.15) is 21.5 Å². The summed E-state index contributed by atoms with van der Waals surface area (Å²) in [5.74, 6) is 5.01. The third-order valence-corrected chi connectivity index (χ3v) is 2.82. The van der Waals surface area contributed by atoms with E-state index in [2.05, 4.69) is 22.1 Å². The van der Waals surface area contributed by atoms with Crippen LogP contribution in [0.3, 0.4) is 0 Å². The molecule has 21 heavy (non-hydrogen) atoms. The van der Waals surface area contributed by atoms with E-state index in [4.69, 9.17) is 5.11 Å². The highest BCUT2D eigenvalue weighted by Gasteiger charge is 2.08. The number of benzene rings is 1. The van der Waals surface area contributed by atoms with E-state index >= 15 is 0 Å². The summed E-state index contributed by atoms with van der Waals surface area (Å²) in [6.45, 7) is 1.65. The first-order valence-corrected chi connectivity index (χ1v) is 6.30. The molecule has 0 bridgehead atoms. The normalized spacial score (nSPS) is 9.62. The molecule has 3 N–H and O–H groups in total. The number of carbonyl (C=O) groups excluding carboxylic acids is 1. The number of aliphatic hydroxyl groups excluding tert-OH is 1. The Morgan fingerprint density at radius 2 is 2.14 bits per heavy atom. The second-order valence-electron chi connectivity index (χ2n) is 4.39. The van der Waals surface area contributed by atoms with E-state index in [9.17, 15) is 9.59 Å². The molecule has 1 aromatic heterocycles. The molecule has 2 rings (SSSR count). The number of aromatic nitrogens is 1. The Bertz CT molecular complexity index is 782. The van der Waals surface area contributed by atoms with Crippen molar-refractivity contribution in [3.8, 4) is 11.8 Å². The summed E-state index contributed by atoms with van der Waals surface area (Å²) < 4.78 is 0. The van der Waals surface area contributed by atoms with E-state index in [1.54, 1.807) is 12.1 Å². The van der Waals surface area contributed by atoms with Gasteiger partial charge < -0.3 is 15.4 Å². The molecule has 0 spiro atoms. The average Bonchev–Trinajstić information content (AvgIpc) is 2.47. The van der Waals surface area contributed by atoms with Gasteiger partial charge >= 0.3 is 0 Å². The molecule has 0 unspecified atom stereocenters. The zero-order valence-electron chi connectivity index (χ0n) is 11.4. The van der Waals surface area contributed by atoms with Gasteiger partial charge in [-0.2, -0.15) is 0 Å². The molecule has 0 aliphatic rings. The number of pyridine rings is 1. The Morgan fingerprint density at radius 1 is 1.33 bits per heavy atom. The van der Waals surface area contributed by atoms with Crippen LogP contribution in [0, 0.1) is 18.8 Å². The Morgan fingerprint density at radius 3 is 2.81 bits per heavy atom. The van der Waals surface area contributed by atoms with Crippen LogP contribution in [-0.2, 0) is 0 Å². The van der Waals surface area contributed by atoms with Gasteiger partial charge in [-0.15, -0.1) is 0 Å². The number of carbonyl (C=O) groups is 1. The van der Waals surface area contributed by atoms with Gasteiger partial charge in [-0.1, -0.05) is 11.8 Å². The third kappa shape index (κ3) is 3.81. The lowest BCUT2D eigenvalue weighted by atomic mass is 10.1. The molecule has 0 saturated carbocycles. The summed E-state index contributed by atoms with van der Waals surface area (Å²) in [4.78, 5) is 25.7. The van der Waals surface area contributed by atoms with Gasteiger partial charge in [0.1, 0.15) is 6.61 Å². The van der Waals surface area contributed by atoms with Crippen LogP contribution in [0.4, 0.5) is 5.69 Å². The number of aryl methyl sites for hydroxylation is 1. The quantitative estimate of drug-likeness (QED) is 0.726. The predicted molar refractivity (Wildman–Crippen MR) is 80.2 cm³/mol. The average molecular weight is 282 g/mol. The molecule has 106 valence electrons. The second-order valence-corrected chi connectivity index (χ2v) is 4.39. The van der Waals surface area contributed by atoms with Gasteiger partial charge in [0.25, 0.3) is 5.91 Å². The number of hydrogen-bond acceptors (Lipinski definition) is 3. The maximum atomic E-state index is 12.1. The first-order chi connectivity index (χ1) is 10.1. The van der Waals surface area contributed by atoms with Crippen LogP contribution in [0.5, 0.6) is 0 Å². The van der Waals surface area contributed by atoms with Gasteiger partial charge in [-0.25, -0.2) is 0 Å². The van der Waals surface area contributed by atoms with Gasteiger partial charge in [0.05, 0.1) is 0 Å². The maximum absolute atomic E-state index is 12.1. The minimum absolute atomic E-state index is 0.194. The standard InChI is InChI=1S/C16H14N2O3/c1-11-9-12(3-2-8-19)4-5-14(11)18-16(21)13-6-7-17-15(20)10-13/h4-7,9-10,19H,8H2,1H3,(H,17,20)(H,18,21). The Kier molecular flexibility index (Phi) is 4.54. The van der Waals surface area contributed by atoms with Crippen LogP contribution < -0.4 is 10.9 Å². The van der Waals surface area contributed by atoms with Crippen molar-refractivity contribution < 1.29 is 9.90 Å². The largest absolute Gasteiger partial charge is 0.384 e. The number of hydrogen-bond donors (Lipinski definition) is 3. The summed E-state index contributed by atoms with van der Waals surface area (Å²) in [5.41, 5.74) is 2.22. The molecule has 1 heterocycles. The number of nitrogens with one attached hydrogen (secondary N) is 2. The van der Waals surface area contributed by atoms with Crippen molar-refractivity contribution in [3.63, 3.8) is 0 Å². The van der Waals surface area contributed by atoms with Crippen molar-refractivity contribution in [2.24, 2.45) is 0 Å². The van der Waals surface area contributed by atoms with Crippen LogP contribution in [0.2, 0.25) is 0 Å². The van der Waals surface area contributed by atoms with Crippen LogP contribution in [0.15, 0.2) is 41.3 Å². The van der Waals surface area contributed by atoms with Crippen molar-refractivity contribution in [1.82, 2.24) is 4.98 Å². The minimum Gasteiger partial charge on any atom is -0.384 e. The summed E-state index contributed by atoms with van der Waals surface area (Å²) >= 11 is 0. The summed E-state index contributed by atoms with van der Waals surface area (Å²) in [5, 5.41) is 11.4. The lowest BCUT2D eigenvalue weighted by molar-refractivity contribution is 0.102. The number of H-pyrrole nitrogens is 1. The SMILES string of the molecule is Cc1cc(C#CCO)ccc1NC(=O)c1cc[nH]c(=O)c1. The maximum Gasteiger partial charge on any atom is 0.255 e. The molecule has 1 aromatic carbocycles. The molecule has 2 aromatic rings.